The van der Waals surface area contributed by atoms with Crippen molar-refractivity contribution in [2.24, 2.45) is 5.10 Å². The molecule has 0 bridgehead atoms. The second-order valence-corrected chi connectivity index (χ2v) is 9.29. The van der Waals surface area contributed by atoms with Crippen LogP contribution in [0.4, 0.5) is 4.79 Å². The number of fused-ring (bicyclic) bond motifs is 3. The van der Waals surface area contributed by atoms with Gasteiger partial charge in [-0.1, -0.05) is 41.9 Å². The van der Waals surface area contributed by atoms with Gasteiger partial charge in [0.2, 0.25) is 0 Å². The highest BCUT2D eigenvalue weighted by molar-refractivity contribution is 6.31. The Kier molecular flexibility index (Phi) is 7.89. The van der Waals surface area contributed by atoms with Crippen molar-refractivity contribution in [3.05, 3.63) is 94.6 Å². The lowest BCUT2D eigenvalue weighted by Gasteiger charge is -2.35. The molecule has 3 N–H and O–H groups in total. The fraction of sp³-hybridized carbons (Fsp3) is 0.207. The first-order valence-electron chi connectivity index (χ1n) is 12.5. The third-order valence-corrected chi connectivity index (χ3v) is 6.64. The Morgan fingerprint density at radius 1 is 1.13 bits per heavy atom. The van der Waals surface area contributed by atoms with Crippen LogP contribution in [0.2, 0.25) is 5.02 Å². The number of halogens is 1. The van der Waals surface area contributed by atoms with Crippen LogP contribution < -0.4 is 14.9 Å². The number of ether oxygens (including phenoxy) is 2. The van der Waals surface area contributed by atoms with Crippen molar-refractivity contribution in [3.8, 4) is 11.5 Å². The van der Waals surface area contributed by atoms with Crippen molar-refractivity contribution >= 4 is 41.0 Å². The quantitative estimate of drug-likeness (QED) is 0.141. The number of aromatic nitrogens is 1. The summed E-state index contributed by atoms with van der Waals surface area (Å²) >= 11 is 6.31. The van der Waals surface area contributed by atoms with Gasteiger partial charge in [-0.25, -0.2) is 4.79 Å². The van der Waals surface area contributed by atoms with Gasteiger partial charge in [-0.2, -0.15) is 5.10 Å². The molecule has 0 aliphatic carbocycles. The van der Waals surface area contributed by atoms with Crippen molar-refractivity contribution in [2.75, 3.05) is 19.7 Å². The average molecular weight is 530 g/mol. The van der Waals surface area contributed by atoms with Crippen molar-refractivity contribution in [1.29, 1.82) is 5.41 Å². The Morgan fingerprint density at radius 2 is 1.95 bits per heavy atom. The molecule has 1 aliphatic rings. The van der Waals surface area contributed by atoms with Gasteiger partial charge in [-0.05, 0) is 60.0 Å². The predicted octanol–water partition coefficient (Wildman–Crippen LogP) is 5.96. The molecule has 1 aromatic heterocycles. The van der Waals surface area contributed by atoms with Gasteiger partial charge in [0.15, 0.2) is 0 Å². The summed E-state index contributed by atoms with van der Waals surface area (Å²) in [6.07, 6.45) is 3.56. The van der Waals surface area contributed by atoms with Gasteiger partial charge in [-0.15, -0.1) is 0 Å². The number of rotatable bonds is 9. The number of carbonyl (C=O) groups is 1. The van der Waals surface area contributed by atoms with Gasteiger partial charge < -0.3 is 25.3 Å². The molecule has 8 nitrogen and oxygen atoms in total. The Bertz CT molecular complexity index is 1440. The third-order valence-electron chi connectivity index (χ3n) is 6.41. The van der Waals surface area contributed by atoms with E-state index in [2.05, 4.69) is 15.5 Å². The van der Waals surface area contributed by atoms with E-state index in [4.69, 9.17) is 26.5 Å². The number of para-hydroxylation sites is 1. The van der Waals surface area contributed by atoms with Crippen LogP contribution in [0, 0.1) is 5.41 Å². The van der Waals surface area contributed by atoms with Crippen molar-refractivity contribution in [1.82, 2.24) is 15.3 Å². The number of carbonyl (C=O) groups excluding carboxylic acids is 1. The minimum atomic E-state index is -0.401. The summed E-state index contributed by atoms with van der Waals surface area (Å²) in [5.74, 6) is 1.25. The molecule has 1 amide bonds. The number of nitrogens with zero attached hydrogens (tertiary/aromatic N) is 2. The molecule has 0 saturated heterocycles. The molecule has 5 rings (SSSR count). The van der Waals surface area contributed by atoms with E-state index in [1.165, 1.54) is 6.21 Å². The average Bonchev–Trinajstić information content (AvgIpc) is 3.31. The molecule has 1 unspecified atom stereocenters. The Balaban J connectivity index is 1.39. The predicted molar refractivity (Wildman–Crippen MR) is 150 cm³/mol. The normalized spacial score (nSPS) is 14.9. The first-order valence-corrected chi connectivity index (χ1v) is 12.8. The Morgan fingerprint density at radius 3 is 2.74 bits per heavy atom. The van der Waals surface area contributed by atoms with E-state index < -0.39 is 6.09 Å². The first-order chi connectivity index (χ1) is 18.6. The zero-order chi connectivity index (χ0) is 26.3. The summed E-state index contributed by atoms with van der Waals surface area (Å²) < 4.78 is 11.6. The summed E-state index contributed by atoms with van der Waals surface area (Å²) in [5.41, 5.74) is 6.92. The lowest BCUT2D eigenvalue weighted by molar-refractivity contribution is 0.135. The van der Waals surface area contributed by atoms with Crippen molar-refractivity contribution in [3.63, 3.8) is 0 Å². The van der Waals surface area contributed by atoms with Crippen LogP contribution in [0.3, 0.4) is 0 Å². The van der Waals surface area contributed by atoms with Crippen molar-refractivity contribution < 1.29 is 14.3 Å². The molecule has 0 spiro atoms. The molecule has 1 aliphatic heterocycles. The van der Waals surface area contributed by atoms with Crippen LogP contribution in [-0.4, -0.2) is 48.1 Å². The highest BCUT2D eigenvalue weighted by Gasteiger charge is 2.35. The van der Waals surface area contributed by atoms with Gasteiger partial charge >= 0.3 is 6.09 Å². The number of aromatic amines is 1. The van der Waals surface area contributed by atoms with Crippen molar-refractivity contribution in [2.45, 2.75) is 18.9 Å². The summed E-state index contributed by atoms with van der Waals surface area (Å²) in [6.45, 7) is 1.68. The van der Waals surface area contributed by atoms with Gasteiger partial charge in [0.05, 0.1) is 12.8 Å². The smallest absolute Gasteiger partial charge is 0.416 e. The Labute approximate surface area is 225 Å². The fourth-order valence-corrected chi connectivity index (χ4v) is 4.87. The van der Waals surface area contributed by atoms with Gasteiger partial charge in [0, 0.05) is 47.3 Å². The Hall–Kier alpha value is -4.30. The molecule has 38 heavy (non-hydrogen) atoms. The standard InChI is InChI=1S/C29H28ClN5O3/c30-21-9-12-26-25(19-21)24-13-17-35(29(36)38-23-5-2-1-3-6-23)28(27(24)34-26)20-7-10-22(11-8-20)37-18-4-15-32-33-16-14-31/h1-3,5-12,14,16,19,28,31-32,34H,4,13,15,17-18H2/b31-14?,33-16-. The minimum absolute atomic E-state index is 0.355. The molecule has 3 aromatic carbocycles. The van der Waals surface area contributed by atoms with E-state index in [9.17, 15) is 4.79 Å². The first kappa shape index (κ1) is 25.4. The zero-order valence-corrected chi connectivity index (χ0v) is 21.4. The maximum Gasteiger partial charge on any atom is 0.416 e. The topological polar surface area (TPSA) is 103 Å². The van der Waals surface area contributed by atoms with E-state index in [-0.39, 0.29) is 6.04 Å². The number of hydrogen-bond donors (Lipinski definition) is 3. The summed E-state index contributed by atoms with van der Waals surface area (Å²) in [4.78, 5) is 18.7. The monoisotopic (exact) mass is 529 g/mol. The van der Waals surface area contributed by atoms with Gasteiger partial charge in [0.25, 0.3) is 0 Å². The summed E-state index contributed by atoms with van der Waals surface area (Å²) in [5, 5.41) is 12.5. The van der Waals surface area contributed by atoms with E-state index in [1.54, 1.807) is 17.0 Å². The lowest BCUT2D eigenvalue weighted by atomic mass is 9.92. The fourth-order valence-electron chi connectivity index (χ4n) is 4.69. The van der Waals surface area contributed by atoms with E-state index in [0.717, 1.165) is 46.1 Å². The highest BCUT2D eigenvalue weighted by Crippen LogP contribution is 2.40. The number of hydrogen-bond acceptors (Lipinski definition) is 6. The third kappa shape index (κ3) is 5.65. The molecule has 194 valence electrons. The molecule has 2 heterocycles. The second kappa shape index (κ2) is 11.8. The summed E-state index contributed by atoms with van der Waals surface area (Å²) in [6, 6.07) is 22.4. The number of amides is 1. The molecule has 4 aromatic rings. The molecular formula is C29H28ClN5O3. The molecule has 0 fully saturated rings. The largest absolute Gasteiger partial charge is 0.494 e. The lowest BCUT2D eigenvalue weighted by Crippen LogP contribution is -2.42. The molecule has 0 radical (unpaired) electrons. The number of H-pyrrole nitrogens is 1. The number of hydrazone groups is 1. The minimum Gasteiger partial charge on any atom is -0.494 e. The maximum absolute atomic E-state index is 13.4. The second-order valence-electron chi connectivity index (χ2n) is 8.86. The SMILES string of the molecule is N=C/C=N\NCCCOc1ccc(C2c3[nH]c4ccc(Cl)cc4c3CCN2C(=O)Oc2ccccc2)cc1. The zero-order valence-electron chi connectivity index (χ0n) is 20.7. The number of nitrogens with one attached hydrogen (secondary N) is 3. The molecular weight excluding hydrogens is 502 g/mol. The van der Waals surface area contributed by atoms with Gasteiger partial charge in [-0.3, -0.25) is 4.90 Å². The van der Waals surface area contributed by atoms with E-state index >= 15 is 0 Å². The van der Waals surface area contributed by atoms with Crippen LogP contribution in [0.5, 0.6) is 11.5 Å². The van der Waals surface area contributed by atoms with E-state index in [1.807, 2.05) is 60.7 Å². The molecule has 1 atom stereocenters. The summed E-state index contributed by atoms with van der Waals surface area (Å²) in [7, 11) is 0. The van der Waals surface area contributed by atoms with Crippen LogP contribution in [0.25, 0.3) is 10.9 Å². The van der Waals surface area contributed by atoms with Crippen LogP contribution in [0.15, 0.2) is 77.9 Å². The maximum atomic E-state index is 13.4. The van der Waals surface area contributed by atoms with Crippen LogP contribution >= 0.6 is 11.6 Å². The van der Waals surface area contributed by atoms with E-state index in [0.29, 0.717) is 36.9 Å². The number of benzene rings is 3. The van der Waals surface area contributed by atoms with Gasteiger partial charge in [0.1, 0.15) is 17.5 Å². The van der Waals surface area contributed by atoms with Crippen LogP contribution in [-0.2, 0) is 6.42 Å². The molecule has 9 heteroatoms. The van der Waals surface area contributed by atoms with Crippen LogP contribution in [0.1, 0.15) is 29.3 Å². The molecule has 0 saturated carbocycles. The highest BCUT2D eigenvalue weighted by atomic mass is 35.5.